The lowest BCUT2D eigenvalue weighted by atomic mass is 10.1. The molecule has 1 aliphatic rings. The van der Waals surface area contributed by atoms with Gasteiger partial charge in [0, 0.05) is 19.2 Å². The number of fused-ring (bicyclic) bond motifs is 2. The Morgan fingerprint density at radius 1 is 0.971 bits per heavy atom. The average Bonchev–Trinajstić information content (AvgIpc) is 3.39. The number of nitrogens with one attached hydrogen (secondary N) is 1. The fraction of sp³-hybridized carbons (Fsp3) is 0.160. The van der Waals surface area contributed by atoms with Gasteiger partial charge < -0.3 is 10.1 Å². The number of methoxy groups -OCH3 is 1. The van der Waals surface area contributed by atoms with Gasteiger partial charge in [-0.15, -0.1) is 10.2 Å². The molecule has 170 valence electrons. The first-order valence-electron chi connectivity index (χ1n) is 10.8. The van der Waals surface area contributed by atoms with Gasteiger partial charge in [0.2, 0.25) is 0 Å². The molecule has 0 unspecified atom stereocenters. The van der Waals surface area contributed by atoms with Crippen molar-refractivity contribution in [3.8, 4) is 5.75 Å². The van der Waals surface area contributed by atoms with Crippen LogP contribution in [0.4, 0.5) is 0 Å². The second-order valence-corrected chi connectivity index (χ2v) is 7.83. The molecule has 3 heterocycles. The van der Waals surface area contributed by atoms with Crippen molar-refractivity contribution < 1.29 is 19.1 Å². The molecule has 1 aliphatic heterocycles. The lowest BCUT2D eigenvalue weighted by molar-refractivity contribution is 0.0642. The number of hydrogen-bond donors (Lipinski definition) is 1. The summed E-state index contributed by atoms with van der Waals surface area (Å²) in [5.41, 5.74) is 2.48. The van der Waals surface area contributed by atoms with E-state index in [-0.39, 0.29) is 24.3 Å². The number of ether oxygens (including phenoxy) is 1. The van der Waals surface area contributed by atoms with E-state index >= 15 is 0 Å². The summed E-state index contributed by atoms with van der Waals surface area (Å²) in [4.78, 5) is 39.5. The molecule has 4 aromatic rings. The van der Waals surface area contributed by atoms with Crippen LogP contribution in [-0.2, 0) is 13.0 Å². The quantitative estimate of drug-likeness (QED) is 0.429. The molecule has 5 rings (SSSR count). The lowest BCUT2D eigenvalue weighted by Gasteiger charge is -2.16. The van der Waals surface area contributed by atoms with Crippen LogP contribution in [0.1, 0.15) is 42.5 Å². The molecule has 9 heteroatoms. The summed E-state index contributed by atoms with van der Waals surface area (Å²) >= 11 is 0. The first-order chi connectivity index (χ1) is 16.6. The number of rotatable bonds is 7. The van der Waals surface area contributed by atoms with Crippen LogP contribution in [-0.4, -0.2) is 50.9 Å². The fourth-order valence-electron chi connectivity index (χ4n) is 4.04. The summed E-state index contributed by atoms with van der Waals surface area (Å²) < 4.78 is 7.23. The molecule has 0 bridgehead atoms. The predicted octanol–water partition coefficient (Wildman–Crippen LogP) is 2.51. The normalized spacial score (nSPS) is 12.8. The summed E-state index contributed by atoms with van der Waals surface area (Å²) in [5.74, 6) is 0.125. The van der Waals surface area contributed by atoms with E-state index in [0.717, 1.165) is 11.5 Å². The Morgan fingerprint density at radius 3 is 2.44 bits per heavy atom. The summed E-state index contributed by atoms with van der Waals surface area (Å²) in [5, 5.41) is 11.2. The van der Waals surface area contributed by atoms with E-state index in [4.69, 9.17) is 4.74 Å². The van der Waals surface area contributed by atoms with Crippen LogP contribution in [0.5, 0.6) is 5.75 Å². The lowest BCUT2D eigenvalue weighted by Crippen LogP contribution is -2.30. The SMILES string of the molecule is COc1ccc(CN2C(=O)c3ccccc3C2=O)cc1C(=O)NCCc1nnc2ccccn12. The molecule has 0 atom stereocenters. The molecule has 0 fully saturated rings. The minimum absolute atomic E-state index is 0.0579. The highest BCUT2D eigenvalue weighted by molar-refractivity contribution is 6.21. The van der Waals surface area contributed by atoms with Gasteiger partial charge in [-0.05, 0) is 42.0 Å². The highest BCUT2D eigenvalue weighted by Gasteiger charge is 2.35. The van der Waals surface area contributed by atoms with Crippen molar-refractivity contribution in [2.24, 2.45) is 0 Å². The van der Waals surface area contributed by atoms with Crippen LogP contribution in [0, 0.1) is 0 Å². The monoisotopic (exact) mass is 455 g/mol. The highest BCUT2D eigenvalue weighted by atomic mass is 16.5. The summed E-state index contributed by atoms with van der Waals surface area (Å²) in [6.45, 7) is 0.405. The molecule has 3 amide bonds. The Hall–Kier alpha value is -4.53. The third kappa shape index (κ3) is 3.77. The smallest absolute Gasteiger partial charge is 0.261 e. The molecular formula is C25H21N5O4. The van der Waals surface area contributed by atoms with Crippen molar-refractivity contribution in [3.63, 3.8) is 0 Å². The zero-order valence-corrected chi connectivity index (χ0v) is 18.4. The van der Waals surface area contributed by atoms with Crippen LogP contribution in [0.2, 0.25) is 0 Å². The molecule has 0 saturated carbocycles. The molecule has 0 saturated heterocycles. The number of nitrogens with zero attached hydrogens (tertiary/aromatic N) is 4. The van der Waals surface area contributed by atoms with Gasteiger partial charge in [-0.25, -0.2) is 0 Å². The first kappa shape index (κ1) is 21.3. The molecule has 34 heavy (non-hydrogen) atoms. The second-order valence-electron chi connectivity index (χ2n) is 7.83. The Bertz CT molecular complexity index is 1390. The van der Waals surface area contributed by atoms with Crippen molar-refractivity contribution in [2.45, 2.75) is 13.0 Å². The average molecular weight is 455 g/mol. The van der Waals surface area contributed by atoms with Crippen LogP contribution in [0.25, 0.3) is 5.65 Å². The first-order valence-corrected chi connectivity index (χ1v) is 10.8. The topological polar surface area (TPSA) is 106 Å². The van der Waals surface area contributed by atoms with Gasteiger partial charge in [0.1, 0.15) is 11.6 Å². The molecule has 0 radical (unpaired) electrons. The van der Waals surface area contributed by atoms with Gasteiger partial charge in [-0.1, -0.05) is 24.3 Å². The van der Waals surface area contributed by atoms with Gasteiger partial charge in [-0.2, -0.15) is 0 Å². The number of carbonyl (C=O) groups excluding carboxylic acids is 3. The van der Waals surface area contributed by atoms with Crippen LogP contribution in [0.3, 0.4) is 0 Å². The summed E-state index contributed by atoms with van der Waals surface area (Å²) in [7, 11) is 1.48. The number of carbonyl (C=O) groups is 3. The summed E-state index contributed by atoms with van der Waals surface area (Å²) in [6.07, 6.45) is 2.37. The Balaban J connectivity index is 1.29. The van der Waals surface area contributed by atoms with E-state index in [2.05, 4.69) is 15.5 Å². The minimum atomic E-state index is -0.344. The van der Waals surface area contributed by atoms with E-state index in [1.807, 2.05) is 28.8 Å². The molecule has 0 spiro atoms. The number of aromatic nitrogens is 3. The number of benzene rings is 2. The van der Waals surface area contributed by atoms with E-state index in [1.165, 1.54) is 12.0 Å². The number of amides is 3. The van der Waals surface area contributed by atoms with Gasteiger partial charge >= 0.3 is 0 Å². The fourth-order valence-corrected chi connectivity index (χ4v) is 4.04. The van der Waals surface area contributed by atoms with E-state index in [0.29, 0.717) is 41.0 Å². The molecule has 9 nitrogen and oxygen atoms in total. The van der Waals surface area contributed by atoms with Crippen molar-refractivity contribution in [3.05, 3.63) is 94.9 Å². The second kappa shape index (κ2) is 8.78. The molecule has 2 aromatic carbocycles. The molecule has 1 N–H and O–H groups in total. The standard InChI is InChI=1S/C25H21N5O4/c1-34-20-10-9-16(15-30-24(32)17-6-2-3-7-18(17)25(30)33)14-19(20)23(31)26-12-11-22-28-27-21-8-4-5-13-29(21)22/h2-10,13-14H,11-12,15H2,1H3,(H,26,31). The zero-order chi connectivity index (χ0) is 23.7. The Morgan fingerprint density at radius 2 is 1.71 bits per heavy atom. The van der Waals surface area contributed by atoms with E-state index in [1.54, 1.807) is 42.5 Å². The van der Waals surface area contributed by atoms with Crippen LogP contribution >= 0.6 is 0 Å². The molecular weight excluding hydrogens is 434 g/mol. The highest BCUT2D eigenvalue weighted by Crippen LogP contribution is 2.26. The zero-order valence-electron chi connectivity index (χ0n) is 18.4. The van der Waals surface area contributed by atoms with Crippen molar-refractivity contribution in [1.82, 2.24) is 24.8 Å². The van der Waals surface area contributed by atoms with Crippen LogP contribution in [0.15, 0.2) is 66.9 Å². The number of imide groups is 1. The van der Waals surface area contributed by atoms with Crippen molar-refractivity contribution in [2.75, 3.05) is 13.7 Å². The molecule has 0 aliphatic carbocycles. The van der Waals surface area contributed by atoms with Gasteiger partial charge in [0.25, 0.3) is 17.7 Å². The predicted molar refractivity (Wildman–Crippen MR) is 123 cm³/mol. The van der Waals surface area contributed by atoms with E-state index < -0.39 is 0 Å². The third-order valence-corrected chi connectivity index (χ3v) is 5.75. The maximum atomic E-state index is 12.9. The number of hydrogen-bond acceptors (Lipinski definition) is 6. The van der Waals surface area contributed by atoms with Gasteiger partial charge in [-0.3, -0.25) is 23.7 Å². The van der Waals surface area contributed by atoms with Crippen molar-refractivity contribution in [1.29, 1.82) is 0 Å². The number of pyridine rings is 1. The van der Waals surface area contributed by atoms with Gasteiger partial charge in [0.15, 0.2) is 5.65 Å². The third-order valence-electron chi connectivity index (χ3n) is 5.75. The van der Waals surface area contributed by atoms with Gasteiger partial charge in [0.05, 0.1) is 30.3 Å². The molecule has 2 aromatic heterocycles. The Kier molecular flexibility index (Phi) is 5.51. The van der Waals surface area contributed by atoms with E-state index in [9.17, 15) is 14.4 Å². The minimum Gasteiger partial charge on any atom is -0.496 e. The largest absolute Gasteiger partial charge is 0.496 e. The maximum absolute atomic E-state index is 12.9. The summed E-state index contributed by atoms with van der Waals surface area (Å²) in [6, 6.07) is 17.4. The Labute approximate surface area is 195 Å². The maximum Gasteiger partial charge on any atom is 0.261 e. The van der Waals surface area contributed by atoms with Crippen LogP contribution < -0.4 is 10.1 Å². The van der Waals surface area contributed by atoms with Crippen molar-refractivity contribution >= 4 is 23.4 Å².